The van der Waals surface area contributed by atoms with Gasteiger partial charge in [0.15, 0.2) is 0 Å². The third kappa shape index (κ3) is 1.70. The number of nitrogens with zero attached hydrogens (tertiary/aromatic N) is 3. The average Bonchev–Trinajstić information content (AvgIpc) is 2.54. The quantitative estimate of drug-likeness (QED) is 0.594. The van der Waals surface area contributed by atoms with Crippen LogP contribution in [0.2, 0.25) is 0 Å². The largest absolute Gasteiger partial charge is 0.338 e. The van der Waals surface area contributed by atoms with E-state index in [1.165, 1.54) is 0 Å². The van der Waals surface area contributed by atoms with Gasteiger partial charge in [0.1, 0.15) is 0 Å². The summed E-state index contributed by atoms with van der Waals surface area (Å²) in [5.74, 6) is 0.226. The normalized spacial score (nSPS) is 17.2. The van der Waals surface area contributed by atoms with Crippen LogP contribution >= 0.6 is 22.6 Å². The van der Waals surface area contributed by atoms with Gasteiger partial charge in [-0.15, -0.1) is 0 Å². The van der Waals surface area contributed by atoms with Crippen molar-refractivity contribution in [1.82, 2.24) is 14.7 Å². The van der Waals surface area contributed by atoms with Crippen LogP contribution in [0, 0.1) is 0 Å². The Kier molecular flexibility index (Phi) is 2.52. The summed E-state index contributed by atoms with van der Waals surface area (Å²) in [6, 6.07) is 2.30. The molecule has 0 saturated carbocycles. The van der Waals surface area contributed by atoms with Crippen LogP contribution in [0.3, 0.4) is 0 Å². The van der Waals surface area contributed by atoms with Crippen molar-refractivity contribution in [3.05, 3.63) is 18.5 Å². The third-order valence-electron chi connectivity index (χ3n) is 2.23. The minimum absolute atomic E-state index is 0.226. The van der Waals surface area contributed by atoms with Crippen LogP contribution in [0.1, 0.15) is 6.04 Å². The topological polar surface area (TPSA) is 38.1 Å². The molecule has 0 N–H and O–H groups in total. The fourth-order valence-corrected chi connectivity index (χ4v) is 1.89. The van der Waals surface area contributed by atoms with E-state index in [4.69, 9.17) is 0 Å². The number of hydrogen-bond donors (Lipinski definition) is 0. The molecule has 0 radical (unpaired) electrons. The Morgan fingerprint density at radius 1 is 1.62 bits per heavy atom. The fourth-order valence-electron chi connectivity index (χ4n) is 1.41. The second-order valence-corrected chi connectivity index (χ2v) is 3.84. The first kappa shape index (κ1) is 8.98. The van der Waals surface area contributed by atoms with Gasteiger partial charge >= 0.3 is 0 Å². The molecule has 0 unspecified atom stereocenters. The number of aromatic nitrogens is 2. The van der Waals surface area contributed by atoms with Gasteiger partial charge in [-0.1, -0.05) is 22.6 Å². The molecule has 5 heteroatoms. The molecule has 1 aliphatic rings. The van der Waals surface area contributed by atoms with E-state index in [2.05, 4.69) is 27.7 Å². The number of carbonyl (C=O) groups excluding carboxylic acids is 1. The SMILES string of the molecule is O=C(CI)N1CC(n2cccn2)C1. The van der Waals surface area contributed by atoms with Crippen LogP contribution in [-0.4, -0.2) is 38.1 Å². The number of carbonyl (C=O) groups is 1. The molecule has 1 aromatic heterocycles. The van der Waals surface area contributed by atoms with Crippen LogP contribution in [0.4, 0.5) is 0 Å². The highest BCUT2D eigenvalue weighted by molar-refractivity contribution is 14.1. The van der Waals surface area contributed by atoms with E-state index < -0.39 is 0 Å². The predicted octanol–water partition coefficient (Wildman–Crippen LogP) is 0.701. The van der Waals surface area contributed by atoms with Gasteiger partial charge in [-0.2, -0.15) is 5.10 Å². The molecule has 2 heterocycles. The van der Waals surface area contributed by atoms with E-state index in [1.54, 1.807) is 6.20 Å². The maximum Gasteiger partial charge on any atom is 0.232 e. The molecule has 0 spiro atoms. The Morgan fingerprint density at radius 2 is 2.38 bits per heavy atom. The first-order chi connectivity index (χ1) is 6.31. The summed E-state index contributed by atoms with van der Waals surface area (Å²) in [4.78, 5) is 13.1. The van der Waals surface area contributed by atoms with Crippen molar-refractivity contribution in [2.24, 2.45) is 0 Å². The van der Waals surface area contributed by atoms with E-state index in [1.807, 2.05) is 21.8 Å². The summed E-state index contributed by atoms with van der Waals surface area (Å²) >= 11 is 2.09. The molecule has 1 aromatic rings. The molecule has 4 nitrogen and oxygen atoms in total. The number of likely N-dealkylation sites (tertiary alicyclic amines) is 1. The van der Waals surface area contributed by atoms with Gasteiger partial charge in [-0.3, -0.25) is 9.48 Å². The zero-order chi connectivity index (χ0) is 9.26. The van der Waals surface area contributed by atoms with Crippen LogP contribution in [0.15, 0.2) is 18.5 Å². The van der Waals surface area contributed by atoms with Gasteiger partial charge in [0.05, 0.1) is 10.5 Å². The average molecular weight is 291 g/mol. The van der Waals surface area contributed by atoms with Gasteiger partial charge in [0.2, 0.25) is 5.91 Å². The highest BCUT2D eigenvalue weighted by Gasteiger charge is 2.31. The van der Waals surface area contributed by atoms with Crippen molar-refractivity contribution in [2.75, 3.05) is 17.5 Å². The summed E-state index contributed by atoms with van der Waals surface area (Å²) in [5, 5.41) is 4.13. The molecule has 0 atom stereocenters. The molecule has 1 saturated heterocycles. The lowest BCUT2D eigenvalue weighted by atomic mass is 10.1. The molecule has 1 amide bonds. The monoisotopic (exact) mass is 291 g/mol. The van der Waals surface area contributed by atoms with Crippen LogP contribution in [-0.2, 0) is 4.79 Å². The van der Waals surface area contributed by atoms with Crippen molar-refractivity contribution < 1.29 is 4.79 Å². The molecular formula is C8H10IN3O. The third-order valence-corrected chi connectivity index (χ3v) is 2.88. The van der Waals surface area contributed by atoms with Gasteiger partial charge in [-0.05, 0) is 6.07 Å². The molecule has 70 valence electrons. The van der Waals surface area contributed by atoms with Crippen molar-refractivity contribution in [3.8, 4) is 0 Å². The summed E-state index contributed by atoms with van der Waals surface area (Å²) in [7, 11) is 0. The first-order valence-corrected chi connectivity index (χ1v) is 5.66. The van der Waals surface area contributed by atoms with Crippen molar-refractivity contribution in [3.63, 3.8) is 0 Å². The smallest absolute Gasteiger partial charge is 0.232 e. The maximum atomic E-state index is 11.2. The van der Waals surface area contributed by atoms with Crippen molar-refractivity contribution in [2.45, 2.75) is 6.04 Å². The second kappa shape index (κ2) is 3.65. The lowest BCUT2D eigenvalue weighted by Gasteiger charge is -2.38. The standard InChI is InChI=1S/C8H10IN3O/c9-4-8(13)11-5-7(6-11)12-3-1-2-10-12/h1-3,7H,4-6H2. The van der Waals surface area contributed by atoms with Gasteiger partial charge in [0, 0.05) is 25.5 Å². The number of hydrogen-bond acceptors (Lipinski definition) is 2. The minimum atomic E-state index is 0.226. The molecule has 0 aromatic carbocycles. The number of rotatable bonds is 2. The van der Waals surface area contributed by atoms with Crippen molar-refractivity contribution in [1.29, 1.82) is 0 Å². The zero-order valence-electron chi connectivity index (χ0n) is 7.06. The lowest BCUT2D eigenvalue weighted by molar-refractivity contribution is -0.133. The van der Waals surface area contributed by atoms with Crippen LogP contribution < -0.4 is 0 Å². The first-order valence-electron chi connectivity index (χ1n) is 4.14. The van der Waals surface area contributed by atoms with Crippen LogP contribution in [0.25, 0.3) is 0 Å². The maximum absolute atomic E-state index is 11.2. The molecule has 1 aliphatic heterocycles. The van der Waals surface area contributed by atoms with E-state index in [9.17, 15) is 4.79 Å². The lowest BCUT2D eigenvalue weighted by Crippen LogP contribution is -2.51. The number of alkyl halides is 1. The summed E-state index contributed by atoms with van der Waals surface area (Å²) < 4.78 is 2.49. The molecule has 0 aliphatic carbocycles. The second-order valence-electron chi connectivity index (χ2n) is 3.07. The molecular weight excluding hydrogens is 281 g/mol. The molecule has 13 heavy (non-hydrogen) atoms. The zero-order valence-corrected chi connectivity index (χ0v) is 9.22. The summed E-state index contributed by atoms with van der Waals surface area (Å²) in [5.41, 5.74) is 0. The van der Waals surface area contributed by atoms with Gasteiger partial charge in [0.25, 0.3) is 0 Å². The summed E-state index contributed by atoms with van der Waals surface area (Å²) in [6.07, 6.45) is 3.71. The van der Waals surface area contributed by atoms with Gasteiger partial charge in [-0.25, -0.2) is 0 Å². The Bertz CT molecular complexity index is 292. The summed E-state index contributed by atoms with van der Waals surface area (Å²) in [6.45, 7) is 1.62. The Balaban J connectivity index is 1.89. The Morgan fingerprint density at radius 3 is 2.92 bits per heavy atom. The van der Waals surface area contributed by atoms with E-state index in [-0.39, 0.29) is 5.91 Å². The molecule has 2 rings (SSSR count). The molecule has 1 fully saturated rings. The van der Waals surface area contributed by atoms with Crippen molar-refractivity contribution >= 4 is 28.5 Å². The molecule has 0 bridgehead atoms. The Hall–Kier alpha value is -0.590. The van der Waals surface area contributed by atoms with E-state index in [0.717, 1.165) is 13.1 Å². The van der Waals surface area contributed by atoms with Gasteiger partial charge < -0.3 is 4.90 Å². The van der Waals surface area contributed by atoms with Crippen LogP contribution in [0.5, 0.6) is 0 Å². The Labute approximate surface area is 90.0 Å². The predicted molar refractivity (Wildman–Crippen MR) is 56.7 cm³/mol. The fraction of sp³-hybridized carbons (Fsp3) is 0.500. The van der Waals surface area contributed by atoms with E-state index in [0.29, 0.717) is 10.5 Å². The number of halogens is 1. The number of amides is 1. The highest BCUT2D eigenvalue weighted by Crippen LogP contribution is 2.20. The van der Waals surface area contributed by atoms with E-state index >= 15 is 0 Å². The highest BCUT2D eigenvalue weighted by atomic mass is 127. The minimum Gasteiger partial charge on any atom is -0.338 e.